The van der Waals surface area contributed by atoms with Crippen LogP contribution in [0.4, 0.5) is 4.39 Å². The molecule has 20 heavy (non-hydrogen) atoms. The Bertz CT molecular complexity index is 602. The maximum atomic E-state index is 12.8. The molecule has 104 valence electrons. The van der Waals surface area contributed by atoms with Gasteiger partial charge in [0.15, 0.2) is 0 Å². The quantitative estimate of drug-likeness (QED) is 0.840. The van der Waals surface area contributed by atoms with Crippen LogP contribution in [0.15, 0.2) is 40.9 Å². The summed E-state index contributed by atoms with van der Waals surface area (Å²) in [7, 11) is -1.62. The first-order chi connectivity index (χ1) is 9.47. The minimum absolute atomic E-state index is 0.210. The van der Waals surface area contributed by atoms with Crippen molar-refractivity contribution in [3.63, 3.8) is 0 Å². The highest BCUT2D eigenvalue weighted by Gasteiger charge is 2.20. The van der Waals surface area contributed by atoms with E-state index in [1.54, 1.807) is 18.2 Å². The molecule has 0 amide bonds. The van der Waals surface area contributed by atoms with E-state index in [2.05, 4.69) is 15.9 Å². The van der Waals surface area contributed by atoms with Gasteiger partial charge in [-0.25, -0.2) is 4.39 Å². The van der Waals surface area contributed by atoms with Crippen molar-refractivity contribution >= 4 is 28.5 Å². The summed E-state index contributed by atoms with van der Waals surface area (Å²) in [5.74, 6) is 0.0617. The lowest BCUT2D eigenvalue weighted by Gasteiger charge is -2.14. The summed E-state index contributed by atoms with van der Waals surface area (Å²) in [5, 5.41) is 18.8. The van der Waals surface area contributed by atoms with Crippen LogP contribution in [0.25, 0.3) is 0 Å². The van der Waals surface area contributed by atoms with Crippen LogP contribution in [-0.4, -0.2) is 17.2 Å². The first-order valence-corrected chi connectivity index (χ1v) is 6.80. The van der Waals surface area contributed by atoms with Crippen molar-refractivity contribution < 1.29 is 19.2 Å². The van der Waals surface area contributed by atoms with Crippen LogP contribution in [-0.2, 0) is 6.61 Å². The average molecular weight is 339 g/mol. The molecule has 2 N–H and O–H groups in total. The second kappa shape index (κ2) is 6.39. The van der Waals surface area contributed by atoms with Crippen molar-refractivity contribution in [2.75, 3.05) is 0 Å². The topological polar surface area (TPSA) is 49.7 Å². The predicted molar refractivity (Wildman–Crippen MR) is 79.4 cm³/mol. The molecule has 0 saturated heterocycles. The maximum Gasteiger partial charge on any atom is 0.492 e. The summed E-state index contributed by atoms with van der Waals surface area (Å²) < 4.78 is 19.1. The van der Waals surface area contributed by atoms with Gasteiger partial charge in [-0.15, -0.1) is 0 Å². The van der Waals surface area contributed by atoms with Gasteiger partial charge in [0.25, 0.3) is 0 Å². The highest BCUT2D eigenvalue weighted by Crippen LogP contribution is 2.25. The fourth-order valence-corrected chi connectivity index (χ4v) is 2.54. The van der Waals surface area contributed by atoms with Crippen LogP contribution in [0.3, 0.4) is 0 Å². The molecular weight excluding hydrogens is 326 g/mol. The standard InChI is InChI=1S/C14H13BBrFO3/c1-9-6-12(15(18)19)14(13(16)7-9)20-8-10-2-4-11(17)5-3-10/h2-7,18-19H,8H2,1H3. The van der Waals surface area contributed by atoms with Crippen molar-refractivity contribution in [2.24, 2.45) is 0 Å². The summed E-state index contributed by atoms with van der Waals surface area (Å²) in [6.07, 6.45) is 0. The first kappa shape index (κ1) is 15.0. The Morgan fingerprint density at radius 1 is 1.20 bits per heavy atom. The molecule has 0 aliphatic rings. The molecule has 0 spiro atoms. The summed E-state index contributed by atoms with van der Waals surface area (Å²) in [6, 6.07) is 9.41. The van der Waals surface area contributed by atoms with E-state index in [0.29, 0.717) is 15.7 Å². The minimum Gasteiger partial charge on any atom is -0.488 e. The first-order valence-electron chi connectivity index (χ1n) is 6.01. The number of hydrogen-bond acceptors (Lipinski definition) is 3. The monoisotopic (exact) mass is 338 g/mol. The van der Waals surface area contributed by atoms with Gasteiger partial charge >= 0.3 is 7.12 Å². The maximum absolute atomic E-state index is 12.8. The molecule has 2 rings (SSSR count). The van der Waals surface area contributed by atoms with Crippen molar-refractivity contribution in [3.05, 3.63) is 57.8 Å². The van der Waals surface area contributed by atoms with Crippen LogP contribution in [0.1, 0.15) is 11.1 Å². The highest BCUT2D eigenvalue weighted by atomic mass is 79.9. The lowest BCUT2D eigenvalue weighted by molar-refractivity contribution is 0.304. The van der Waals surface area contributed by atoms with Gasteiger partial charge in [0.2, 0.25) is 0 Å². The SMILES string of the molecule is Cc1cc(Br)c(OCc2ccc(F)cc2)c(B(O)O)c1. The number of rotatable bonds is 4. The van der Waals surface area contributed by atoms with Gasteiger partial charge < -0.3 is 14.8 Å². The Morgan fingerprint density at radius 3 is 2.45 bits per heavy atom. The number of hydrogen-bond donors (Lipinski definition) is 2. The number of halogens is 2. The van der Waals surface area contributed by atoms with Gasteiger partial charge in [-0.05, 0) is 46.6 Å². The van der Waals surface area contributed by atoms with E-state index in [0.717, 1.165) is 11.1 Å². The molecule has 0 heterocycles. The van der Waals surface area contributed by atoms with Gasteiger partial charge in [0.1, 0.15) is 18.2 Å². The number of benzene rings is 2. The Kier molecular flexibility index (Phi) is 4.80. The molecule has 0 saturated carbocycles. The lowest BCUT2D eigenvalue weighted by atomic mass is 9.79. The van der Waals surface area contributed by atoms with Crippen LogP contribution in [0.5, 0.6) is 5.75 Å². The molecule has 2 aromatic rings. The van der Waals surface area contributed by atoms with Crippen LogP contribution < -0.4 is 10.2 Å². The van der Waals surface area contributed by atoms with Gasteiger partial charge in [-0.3, -0.25) is 0 Å². The van der Waals surface area contributed by atoms with Crippen LogP contribution in [0, 0.1) is 12.7 Å². The lowest BCUT2D eigenvalue weighted by Crippen LogP contribution is -2.32. The van der Waals surface area contributed by atoms with E-state index >= 15 is 0 Å². The Labute approximate surface area is 125 Å². The zero-order valence-corrected chi connectivity index (χ0v) is 12.4. The summed E-state index contributed by atoms with van der Waals surface area (Å²) in [4.78, 5) is 0. The van der Waals surface area contributed by atoms with Gasteiger partial charge in [0.05, 0.1) is 4.47 Å². The van der Waals surface area contributed by atoms with E-state index in [1.165, 1.54) is 12.1 Å². The third-order valence-electron chi connectivity index (χ3n) is 2.79. The molecule has 0 aliphatic heterocycles. The van der Waals surface area contributed by atoms with Crippen molar-refractivity contribution in [2.45, 2.75) is 13.5 Å². The number of ether oxygens (including phenoxy) is 1. The Balaban J connectivity index is 2.22. The zero-order chi connectivity index (χ0) is 14.7. The second-order valence-electron chi connectivity index (χ2n) is 4.45. The normalized spacial score (nSPS) is 10.4. The summed E-state index contributed by atoms with van der Waals surface area (Å²) in [5.41, 5.74) is 1.96. The zero-order valence-electron chi connectivity index (χ0n) is 10.8. The fourth-order valence-electron chi connectivity index (χ4n) is 1.84. The molecule has 6 heteroatoms. The van der Waals surface area contributed by atoms with E-state index < -0.39 is 7.12 Å². The van der Waals surface area contributed by atoms with E-state index in [4.69, 9.17) is 4.74 Å². The molecule has 0 bridgehead atoms. The molecule has 0 radical (unpaired) electrons. The van der Waals surface area contributed by atoms with E-state index in [1.807, 2.05) is 13.0 Å². The second-order valence-corrected chi connectivity index (χ2v) is 5.31. The van der Waals surface area contributed by atoms with E-state index in [-0.39, 0.29) is 12.4 Å². The molecule has 0 atom stereocenters. The smallest absolute Gasteiger partial charge is 0.488 e. The van der Waals surface area contributed by atoms with Gasteiger partial charge in [-0.2, -0.15) is 0 Å². The average Bonchev–Trinajstić information content (AvgIpc) is 2.38. The fraction of sp³-hybridized carbons (Fsp3) is 0.143. The van der Waals surface area contributed by atoms with E-state index in [9.17, 15) is 14.4 Å². The van der Waals surface area contributed by atoms with Crippen molar-refractivity contribution in [1.29, 1.82) is 0 Å². The largest absolute Gasteiger partial charge is 0.492 e. The molecule has 2 aromatic carbocycles. The summed E-state index contributed by atoms with van der Waals surface area (Å²) >= 11 is 3.34. The van der Waals surface area contributed by atoms with Gasteiger partial charge in [-0.1, -0.05) is 23.8 Å². The summed E-state index contributed by atoms with van der Waals surface area (Å²) in [6.45, 7) is 2.06. The number of aryl methyl sites for hydroxylation is 1. The molecule has 3 nitrogen and oxygen atoms in total. The molecule has 0 aromatic heterocycles. The molecular formula is C14H13BBrFO3. The van der Waals surface area contributed by atoms with Crippen molar-refractivity contribution in [3.8, 4) is 5.75 Å². The Morgan fingerprint density at radius 2 is 1.85 bits per heavy atom. The van der Waals surface area contributed by atoms with Gasteiger partial charge in [0, 0.05) is 5.46 Å². The molecule has 0 aliphatic carbocycles. The highest BCUT2D eigenvalue weighted by molar-refractivity contribution is 9.10. The minimum atomic E-state index is -1.62. The predicted octanol–water partition coefficient (Wildman–Crippen LogP) is 2.16. The Hall–Kier alpha value is -1.37. The third kappa shape index (κ3) is 3.59. The third-order valence-corrected chi connectivity index (χ3v) is 3.38. The van der Waals surface area contributed by atoms with Crippen LogP contribution in [0.2, 0.25) is 0 Å². The van der Waals surface area contributed by atoms with Crippen molar-refractivity contribution in [1.82, 2.24) is 0 Å². The molecule has 0 unspecified atom stereocenters. The molecule has 0 fully saturated rings. The van der Waals surface area contributed by atoms with Crippen LogP contribution >= 0.6 is 15.9 Å².